The monoisotopic (exact) mass is 323 g/mol. The van der Waals surface area contributed by atoms with Gasteiger partial charge in [0.1, 0.15) is 23.8 Å². The van der Waals surface area contributed by atoms with Crippen molar-refractivity contribution in [1.29, 1.82) is 0 Å². The van der Waals surface area contributed by atoms with Crippen LogP contribution in [0.3, 0.4) is 0 Å². The molecule has 1 unspecified atom stereocenters. The van der Waals surface area contributed by atoms with Gasteiger partial charge in [-0.3, -0.25) is 0 Å². The van der Waals surface area contributed by atoms with E-state index in [0.29, 0.717) is 18.3 Å². The van der Waals surface area contributed by atoms with Crippen LogP contribution in [0.25, 0.3) is 11.3 Å². The van der Waals surface area contributed by atoms with Crippen molar-refractivity contribution in [2.45, 2.75) is 32.8 Å². The molecular weight excluding hydrogens is 302 g/mol. The summed E-state index contributed by atoms with van der Waals surface area (Å²) < 4.78 is 11.1. The summed E-state index contributed by atoms with van der Waals surface area (Å²) in [5, 5.41) is 13.4. The van der Waals surface area contributed by atoms with Crippen LogP contribution >= 0.6 is 0 Å². The number of aromatic hydroxyl groups is 1. The van der Waals surface area contributed by atoms with Crippen LogP contribution in [0, 0.1) is 0 Å². The van der Waals surface area contributed by atoms with E-state index in [-0.39, 0.29) is 5.75 Å². The molecule has 0 radical (unpaired) electrons. The maximum absolute atomic E-state index is 9.32. The minimum atomic E-state index is 0.228. The first kappa shape index (κ1) is 16.1. The second kappa shape index (κ2) is 7.21. The minimum absolute atomic E-state index is 0.228. The Labute approximate surface area is 141 Å². The molecule has 3 rings (SSSR count). The molecule has 0 fully saturated rings. The van der Waals surface area contributed by atoms with E-state index >= 15 is 0 Å². The number of hydrogen-bond donors (Lipinski definition) is 1. The van der Waals surface area contributed by atoms with Gasteiger partial charge in [-0.25, -0.2) is 0 Å². The van der Waals surface area contributed by atoms with Crippen LogP contribution in [0.15, 0.2) is 59.1 Å². The van der Waals surface area contributed by atoms with Crippen molar-refractivity contribution >= 4 is 0 Å². The molecule has 1 aromatic heterocycles. The van der Waals surface area contributed by atoms with Crippen molar-refractivity contribution < 1.29 is 14.4 Å². The number of ether oxygens (including phenoxy) is 1. The SMILES string of the molecule is CCC(C)c1ccc(OCc2cc(-c3ccc(O)cc3)no2)cc1. The van der Waals surface area contributed by atoms with Gasteiger partial charge in [0.25, 0.3) is 0 Å². The molecule has 0 bridgehead atoms. The quantitative estimate of drug-likeness (QED) is 0.682. The number of rotatable bonds is 6. The molecule has 0 amide bonds. The highest BCUT2D eigenvalue weighted by Gasteiger charge is 2.08. The van der Waals surface area contributed by atoms with Gasteiger partial charge in [0.2, 0.25) is 0 Å². The minimum Gasteiger partial charge on any atom is -0.508 e. The average Bonchev–Trinajstić information content (AvgIpc) is 3.09. The molecule has 0 saturated heterocycles. The van der Waals surface area contributed by atoms with Gasteiger partial charge in [-0.2, -0.15) is 0 Å². The highest BCUT2D eigenvalue weighted by atomic mass is 16.5. The summed E-state index contributed by atoms with van der Waals surface area (Å²) >= 11 is 0. The van der Waals surface area contributed by atoms with E-state index in [2.05, 4.69) is 31.1 Å². The number of phenols is 1. The van der Waals surface area contributed by atoms with Crippen LogP contribution in [-0.4, -0.2) is 10.3 Å². The molecule has 4 nitrogen and oxygen atoms in total. The third-order valence-electron chi connectivity index (χ3n) is 4.16. The second-order valence-corrected chi connectivity index (χ2v) is 5.89. The standard InChI is InChI=1S/C20H21NO3/c1-3-14(2)15-6-10-18(11-7-15)23-13-19-12-20(21-24-19)16-4-8-17(22)9-5-16/h4-12,14,22H,3,13H2,1-2H3. The molecular formula is C20H21NO3. The second-order valence-electron chi connectivity index (χ2n) is 5.89. The Balaban J connectivity index is 1.62. The normalized spacial score (nSPS) is 12.1. The molecule has 124 valence electrons. The van der Waals surface area contributed by atoms with Crippen LogP contribution < -0.4 is 4.74 Å². The molecule has 0 aliphatic carbocycles. The van der Waals surface area contributed by atoms with E-state index in [0.717, 1.165) is 23.4 Å². The van der Waals surface area contributed by atoms with Crippen LogP contribution in [0.5, 0.6) is 11.5 Å². The van der Waals surface area contributed by atoms with Gasteiger partial charge in [0.05, 0.1) is 0 Å². The molecule has 1 N–H and O–H groups in total. The zero-order valence-electron chi connectivity index (χ0n) is 13.9. The zero-order chi connectivity index (χ0) is 16.9. The van der Waals surface area contributed by atoms with Gasteiger partial charge in [0.15, 0.2) is 5.76 Å². The average molecular weight is 323 g/mol. The van der Waals surface area contributed by atoms with Gasteiger partial charge in [-0.1, -0.05) is 31.1 Å². The molecule has 3 aromatic rings. The maximum atomic E-state index is 9.32. The first-order valence-electron chi connectivity index (χ1n) is 8.13. The van der Waals surface area contributed by atoms with Crippen LogP contribution in [-0.2, 0) is 6.61 Å². The van der Waals surface area contributed by atoms with Crippen LogP contribution in [0.4, 0.5) is 0 Å². The summed E-state index contributed by atoms with van der Waals surface area (Å²) in [6.07, 6.45) is 1.12. The van der Waals surface area contributed by atoms with E-state index < -0.39 is 0 Å². The van der Waals surface area contributed by atoms with Gasteiger partial charge in [-0.15, -0.1) is 0 Å². The Kier molecular flexibility index (Phi) is 4.85. The smallest absolute Gasteiger partial charge is 0.174 e. The lowest BCUT2D eigenvalue weighted by Gasteiger charge is -2.10. The molecule has 24 heavy (non-hydrogen) atoms. The molecule has 0 spiro atoms. The van der Waals surface area contributed by atoms with Crippen molar-refractivity contribution in [1.82, 2.24) is 5.16 Å². The highest BCUT2D eigenvalue weighted by molar-refractivity contribution is 5.59. The summed E-state index contributed by atoms with van der Waals surface area (Å²) in [4.78, 5) is 0. The van der Waals surface area contributed by atoms with E-state index in [1.165, 1.54) is 5.56 Å². The number of aromatic nitrogens is 1. The Morgan fingerprint density at radius 3 is 2.46 bits per heavy atom. The molecule has 4 heteroatoms. The number of phenolic OH excluding ortho intramolecular Hbond substituents is 1. The van der Waals surface area contributed by atoms with Gasteiger partial charge in [-0.05, 0) is 54.3 Å². The van der Waals surface area contributed by atoms with Crippen LogP contribution in [0.2, 0.25) is 0 Å². The molecule has 1 heterocycles. The zero-order valence-corrected chi connectivity index (χ0v) is 13.9. The fourth-order valence-corrected chi connectivity index (χ4v) is 2.43. The van der Waals surface area contributed by atoms with Crippen molar-refractivity contribution in [3.8, 4) is 22.8 Å². The van der Waals surface area contributed by atoms with E-state index in [4.69, 9.17) is 9.26 Å². The van der Waals surface area contributed by atoms with Crippen molar-refractivity contribution in [3.63, 3.8) is 0 Å². The predicted octanol–water partition coefficient (Wildman–Crippen LogP) is 5.14. The summed E-state index contributed by atoms with van der Waals surface area (Å²) in [5.74, 6) is 2.25. The lowest BCUT2D eigenvalue weighted by atomic mass is 9.99. The summed E-state index contributed by atoms with van der Waals surface area (Å²) in [7, 11) is 0. The number of hydrogen-bond acceptors (Lipinski definition) is 4. The number of benzene rings is 2. The van der Waals surface area contributed by atoms with Crippen molar-refractivity contribution in [2.75, 3.05) is 0 Å². The topological polar surface area (TPSA) is 55.5 Å². The Morgan fingerprint density at radius 1 is 1.08 bits per heavy atom. The molecule has 0 aliphatic heterocycles. The van der Waals surface area contributed by atoms with E-state index in [9.17, 15) is 5.11 Å². The molecule has 0 aliphatic rings. The fourth-order valence-electron chi connectivity index (χ4n) is 2.43. The highest BCUT2D eigenvalue weighted by Crippen LogP contribution is 2.24. The summed E-state index contributed by atoms with van der Waals surface area (Å²) in [5.41, 5.74) is 2.93. The maximum Gasteiger partial charge on any atom is 0.174 e. The van der Waals surface area contributed by atoms with Gasteiger partial charge < -0.3 is 14.4 Å². The van der Waals surface area contributed by atoms with Crippen molar-refractivity contribution in [3.05, 3.63) is 65.9 Å². The first-order valence-corrected chi connectivity index (χ1v) is 8.13. The lowest BCUT2D eigenvalue weighted by molar-refractivity contribution is 0.249. The van der Waals surface area contributed by atoms with Gasteiger partial charge >= 0.3 is 0 Å². The van der Waals surface area contributed by atoms with Crippen molar-refractivity contribution in [2.24, 2.45) is 0 Å². The first-order chi connectivity index (χ1) is 11.7. The summed E-state index contributed by atoms with van der Waals surface area (Å²) in [6, 6.07) is 16.9. The van der Waals surface area contributed by atoms with E-state index in [1.54, 1.807) is 24.3 Å². The Hall–Kier alpha value is -2.75. The predicted molar refractivity (Wildman–Crippen MR) is 93.1 cm³/mol. The molecule has 1 atom stereocenters. The Bertz CT molecular complexity index is 775. The molecule has 0 saturated carbocycles. The lowest BCUT2D eigenvalue weighted by Crippen LogP contribution is -1.95. The van der Waals surface area contributed by atoms with Crippen LogP contribution in [0.1, 0.15) is 37.5 Å². The Morgan fingerprint density at radius 2 is 1.79 bits per heavy atom. The fraction of sp³-hybridized carbons (Fsp3) is 0.250. The van der Waals surface area contributed by atoms with E-state index in [1.807, 2.05) is 18.2 Å². The molecule has 2 aromatic carbocycles. The largest absolute Gasteiger partial charge is 0.508 e. The number of nitrogens with zero attached hydrogens (tertiary/aromatic N) is 1. The third kappa shape index (κ3) is 3.77. The third-order valence-corrected chi connectivity index (χ3v) is 4.16. The van der Waals surface area contributed by atoms with Gasteiger partial charge in [0, 0.05) is 11.6 Å². The summed E-state index contributed by atoms with van der Waals surface area (Å²) in [6.45, 7) is 4.73.